The van der Waals surface area contributed by atoms with Crippen molar-refractivity contribution >= 4 is 29.5 Å². The molecule has 0 saturated carbocycles. The zero-order chi connectivity index (χ0) is 13.5. The molecule has 1 atom stereocenters. The highest BCUT2D eigenvalue weighted by molar-refractivity contribution is 7.99. The van der Waals surface area contributed by atoms with Gasteiger partial charge in [-0.1, -0.05) is 25.6 Å². The Morgan fingerprint density at radius 2 is 2.22 bits per heavy atom. The molecule has 1 N–H and O–H groups in total. The van der Waals surface area contributed by atoms with E-state index in [-0.39, 0.29) is 5.75 Å². The molecule has 0 aliphatic heterocycles. The van der Waals surface area contributed by atoms with Gasteiger partial charge < -0.3 is 9.67 Å². The Bertz CT molecular complexity index is 396. The van der Waals surface area contributed by atoms with E-state index in [1.54, 1.807) is 0 Å². The van der Waals surface area contributed by atoms with Gasteiger partial charge in [-0.2, -0.15) is 11.8 Å². The van der Waals surface area contributed by atoms with E-state index in [2.05, 4.69) is 27.9 Å². The maximum absolute atomic E-state index is 10.6. The van der Waals surface area contributed by atoms with Crippen molar-refractivity contribution in [2.24, 2.45) is 5.92 Å². The zero-order valence-electron chi connectivity index (χ0n) is 10.9. The third-order valence-electron chi connectivity index (χ3n) is 2.38. The Kier molecular flexibility index (Phi) is 6.56. The first kappa shape index (κ1) is 15.4. The number of carbonyl (C=O) groups is 1. The SMILES string of the molecule is CCc1nnc(SCC(=O)O)n1CC(C)CSC. The number of aromatic nitrogens is 3. The van der Waals surface area contributed by atoms with Crippen molar-refractivity contribution in [3.63, 3.8) is 0 Å². The van der Waals surface area contributed by atoms with Crippen molar-refractivity contribution < 1.29 is 9.90 Å². The second kappa shape index (κ2) is 7.68. The molecule has 0 aliphatic rings. The van der Waals surface area contributed by atoms with Gasteiger partial charge in [0.15, 0.2) is 5.16 Å². The number of thioether (sulfide) groups is 2. The van der Waals surface area contributed by atoms with Gasteiger partial charge >= 0.3 is 5.97 Å². The largest absolute Gasteiger partial charge is 0.481 e. The van der Waals surface area contributed by atoms with E-state index < -0.39 is 5.97 Å². The molecule has 5 nitrogen and oxygen atoms in total. The fourth-order valence-corrected chi connectivity index (χ4v) is 3.01. The van der Waals surface area contributed by atoms with Gasteiger partial charge in [-0.25, -0.2) is 0 Å². The van der Waals surface area contributed by atoms with Gasteiger partial charge in [0.05, 0.1) is 5.75 Å². The third-order valence-corrected chi connectivity index (χ3v) is 4.23. The molecule has 18 heavy (non-hydrogen) atoms. The molecular formula is C11H19N3O2S2. The van der Waals surface area contributed by atoms with Crippen LogP contribution in [-0.2, 0) is 17.8 Å². The first-order chi connectivity index (χ1) is 8.58. The van der Waals surface area contributed by atoms with Gasteiger partial charge in [0.25, 0.3) is 0 Å². The van der Waals surface area contributed by atoms with Crippen molar-refractivity contribution in [2.45, 2.75) is 32.0 Å². The van der Waals surface area contributed by atoms with Gasteiger partial charge in [-0.15, -0.1) is 10.2 Å². The highest BCUT2D eigenvalue weighted by atomic mass is 32.2. The summed E-state index contributed by atoms with van der Waals surface area (Å²) >= 11 is 3.05. The third kappa shape index (κ3) is 4.53. The lowest BCUT2D eigenvalue weighted by atomic mass is 10.2. The summed E-state index contributed by atoms with van der Waals surface area (Å²) in [7, 11) is 0. The molecule has 1 heterocycles. The number of aliphatic carboxylic acids is 1. The Morgan fingerprint density at radius 3 is 2.78 bits per heavy atom. The zero-order valence-corrected chi connectivity index (χ0v) is 12.6. The lowest BCUT2D eigenvalue weighted by Gasteiger charge is -2.14. The van der Waals surface area contributed by atoms with E-state index in [9.17, 15) is 4.79 Å². The van der Waals surface area contributed by atoms with Crippen LogP contribution in [0.4, 0.5) is 0 Å². The summed E-state index contributed by atoms with van der Waals surface area (Å²) in [6.45, 7) is 5.06. The molecule has 7 heteroatoms. The van der Waals surface area contributed by atoms with Crippen LogP contribution in [0, 0.1) is 5.92 Å². The molecule has 0 saturated heterocycles. The van der Waals surface area contributed by atoms with E-state index in [1.807, 2.05) is 18.7 Å². The molecule has 1 aromatic rings. The van der Waals surface area contributed by atoms with Crippen molar-refractivity contribution in [1.29, 1.82) is 0 Å². The van der Waals surface area contributed by atoms with Gasteiger partial charge in [0.1, 0.15) is 5.82 Å². The Morgan fingerprint density at radius 1 is 1.50 bits per heavy atom. The number of carboxylic acid groups (broad SMARTS) is 1. The normalized spacial score (nSPS) is 12.6. The first-order valence-electron chi connectivity index (χ1n) is 5.84. The van der Waals surface area contributed by atoms with Crippen LogP contribution in [0.2, 0.25) is 0 Å². The van der Waals surface area contributed by atoms with Gasteiger partial charge in [0.2, 0.25) is 0 Å². The first-order valence-corrected chi connectivity index (χ1v) is 8.22. The number of rotatable bonds is 8. The summed E-state index contributed by atoms with van der Waals surface area (Å²) in [6.07, 6.45) is 2.90. The van der Waals surface area contributed by atoms with E-state index in [0.29, 0.717) is 11.1 Å². The summed E-state index contributed by atoms with van der Waals surface area (Å²) in [5.41, 5.74) is 0. The molecular weight excluding hydrogens is 270 g/mol. The van der Waals surface area contributed by atoms with Crippen LogP contribution in [0.15, 0.2) is 5.16 Å². The van der Waals surface area contributed by atoms with E-state index >= 15 is 0 Å². The lowest BCUT2D eigenvalue weighted by Crippen LogP contribution is -2.14. The number of nitrogens with zero attached hydrogens (tertiary/aromatic N) is 3. The van der Waals surface area contributed by atoms with Crippen LogP contribution >= 0.6 is 23.5 Å². The van der Waals surface area contributed by atoms with Crippen molar-refractivity contribution in [1.82, 2.24) is 14.8 Å². The van der Waals surface area contributed by atoms with Crippen LogP contribution < -0.4 is 0 Å². The van der Waals surface area contributed by atoms with Gasteiger partial charge in [-0.3, -0.25) is 4.79 Å². The van der Waals surface area contributed by atoms with E-state index in [1.165, 1.54) is 11.8 Å². The minimum atomic E-state index is -0.829. The van der Waals surface area contributed by atoms with E-state index in [0.717, 1.165) is 24.5 Å². The molecule has 1 unspecified atom stereocenters. The minimum absolute atomic E-state index is 0.0265. The highest BCUT2D eigenvalue weighted by Crippen LogP contribution is 2.19. The predicted molar refractivity (Wildman–Crippen MR) is 75.3 cm³/mol. The summed E-state index contributed by atoms with van der Waals surface area (Å²) in [6, 6.07) is 0. The summed E-state index contributed by atoms with van der Waals surface area (Å²) in [4.78, 5) is 10.6. The molecule has 1 rings (SSSR count). The van der Waals surface area contributed by atoms with Crippen molar-refractivity contribution in [2.75, 3.05) is 17.8 Å². The minimum Gasteiger partial charge on any atom is -0.481 e. The second-order valence-corrected chi connectivity index (χ2v) is 5.96. The Balaban J connectivity index is 2.77. The molecule has 102 valence electrons. The molecule has 0 spiro atoms. The van der Waals surface area contributed by atoms with E-state index in [4.69, 9.17) is 5.11 Å². The molecule has 0 radical (unpaired) electrons. The van der Waals surface area contributed by atoms with Crippen LogP contribution in [0.5, 0.6) is 0 Å². The second-order valence-electron chi connectivity index (χ2n) is 4.11. The Hall–Kier alpha value is -0.690. The topological polar surface area (TPSA) is 68.0 Å². The maximum Gasteiger partial charge on any atom is 0.313 e. The predicted octanol–water partition coefficient (Wildman–Crippen LogP) is 2.02. The van der Waals surface area contributed by atoms with Crippen molar-refractivity contribution in [3.05, 3.63) is 5.82 Å². The van der Waals surface area contributed by atoms with Crippen molar-refractivity contribution in [3.8, 4) is 0 Å². The number of aryl methyl sites for hydroxylation is 1. The smallest absolute Gasteiger partial charge is 0.313 e. The summed E-state index contributed by atoms with van der Waals surface area (Å²) in [5, 5.41) is 17.6. The van der Waals surface area contributed by atoms with Crippen LogP contribution in [0.1, 0.15) is 19.7 Å². The number of hydrogen-bond donors (Lipinski definition) is 1. The molecule has 0 aliphatic carbocycles. The van der Waals surface area contributed by atoms with Gasteiger partial charge in [-0.05, 0) is 17.9 Å². The summed E-state index contributed by atoms with van der Waals surface area (Å²) in [5.74, 6) is 1.72. The lowest BCUT2D eigenvalue weighted by molar-refractivity contribution is -0.133. The maximum atomic E-state index is 10.6. The van der Waals surface area contributed by atoms with Crippen LogP contribution in [-0.4, -0.2) is 43.6 Å². The molecule has 0 aromatic carbocycles. The quantitative estimate of drug-likeness (QED) is 0.738. The number of hydrogen-bond acceptors (Lipinski definition) is 5. The Labute approximate surface area is 116 Å². The van der Waals surface area contributed by atoms with Gasteiger partial charge in [0, 0.05) is 13.0 Å². The molecule has 0 fully saturated rings. The molecule has 1 aromatic heterocycles. The fourth-order valence-electron chi connectivity index (χ4n) is 1.65. The monoisotopic (exact) mass is 289 g/mol. The molecule has 0 bridgehead atoms. The molecule has 0 amide bonds. The fraction of sp³-hybridized carbons (Fsp3) is 0.727. The van der Waals surface area contributed by atoms with Crippen LogP contribution in [0.25, 0.3) is 0 Å². The summed E-state index contributed by atoms with van der Waals surface area (Å²) < 4.78 is 2.05. The highest BCUT2D eigenvalue weighted by Gasteiger charge is 2.14. The van der Waals surface area contributed by atoms with Crippen LogP contribution in [0.3, 0.4) is 0 Å². The average molecular weight is 289 g/mol. The average Bonchev–Trinajstić information content (AvgIpc) is 2.69. The standard InChI is InChI=1S/C11H19N3O2S2/c1-4-9-12-13-11(18-7-10(15)16)14(9)5-8(2)6-17-3/h8H,4-7H2,1-3H3,(H,15,16). The number of carboxylic acids is 1.